The van der Waals surface area contributed by atoms with Crippen molar-refractivity contribution in [1.29, 1.82) is 0 Å². The van der Waals surface area contributed by atoms with Gasteiger partial charge in [0.1, 0.15) is 11.6 Å². The lowest BCUT2D eigenvalue weighted by molar-refractivity contribution is -0.110. The van der Waals surface area contributed by atoms with Gasteiger partial charge in [0, 0.05) is 28.1 Å². The minimum absolute atomic E-state index is 0.0345. The minimum Gasteiger partial charge on any atom is -0.467 e. The number of hydrogen-bond donors (Lipinski definition) is 0. The molecule has 2 nitrogen and oxygen atoms in total. The molecule has 2 unspecified atom stereocenters. The molecular formula is C29H36BrFO2. The van der Waals surface area contributed by atoms with Gasteiger partial charge in [0.2, 0.25) is 0 Å². The second-order valence-electron chi connectivity index (χ2n) is 12.2. The molecule has 0 aliphatic heterocycles. The van der Waals surface area contributed by atoms with E-state index in [1.165, 1.54) is 24.8 Å². The Labute approximate surface area is 206 Å². The highest BCUT2D eigenvalue weighted by atomic mass is 79.9. The Morgan fingerprint density at radius 2 is 1.70 bits per heavy atom. The lowest BCUT2D eigenvalue weighted by Gasteiger charge is -2.65. The Kier molecular flexibility index (Phi) is 5.72. The molecule has 0 heterocycles. The zero-order chi connectivity index (χ0) is 23.6. The molecule has 0 aromatic heterocycles. The van der Waals surface area contributed by atoms with E-state index < -0.39 is 0 Å². The van der Waals surface area contributed by atoms with Crippen molar-refractivity contribution in [3.8, 4) is 16.9 Å². The molecule has 4 heteroatoms. The highest BCUT2D eigenvalue weighted by Crippen LogP contribution is 2.70. The molecule has 4 aliphatic rings. The maximum absolute atomic E-state index is 15.3. The van der Waals surface area contributed by atoms with Gasteiger partial charge in [-0.15, -0.1) is 0 Å². The molecule has 0 spiro atoms. The molecule has 0 N–H and O–H groups in total. The molecule has 178 valence electrons. The number of ether oxygens (including phenoxy) is 2. The second kappa shape index (κ2) is 8.09. The van der Waals surface area contributed by atoms with Crippen molar-refractivity contribution in [2.24, 2.45) is 16.7 Å². The Balaban J connectivity index is 1.69. The fourth-order valence-electron chi connectivity index (χ4n) is 8.32. The quantitative estimate of drug-likeness (QED) is 0.359. The molecule has 6 rings (SSSR count). The van der Waals surface area contributed by atoms with Crippen molar-refractivity contribution in [3.63, 3.8) is 0 Å². The maximum Gasteiger partial charge on any atom is 0.188 e. The van der Waals surface area contributed by atoms with Gasteiger partial charge in [0.25, 0.3) is 0 Å². The molecule has 0 amide bonds. The number of halogens is 2. The van der Waals surface area contributed by atoms with Crippen molar-refractivity contribution < 1.29 is 13.9 Å². The predicted molar refractivity (Wildman–Crippen MR) is 135 cm³/mol. The Morgan fingerprint density at radius 3 is 2.27 bits per heavy atom. The van der Waals surface area contributed by atoms with Gasteiger partial charge in [-0.1, -0.05) is 55.8 Å². The fourth-order valence-corrected chi connectivity index (χ4v) is 8.93. The van der Waals surface area contributed by atoms with Gasteiger partial charge >= 0.3 is 0 Å². The fraction of sp³-hybridized carbons (Fsp3) is 0.586. The molecular weight excluding hydrogens is 479 g/mol. The first-order valence-electron chi connectivity index (χ1n) is 12.3. The van der Waals surface area contributed by atoms with Gasteiger partial charge in [-0.25, -0.2) is 4.39 Å². The Morgan fingerprint density at radius 1 is 1.00 bits per heavy atom. The predicted octanol–water partition coefficient (Wildman–Crippen LogP) is 8.61. The smallest absolute Gasteiger partial charge is 0.188 e. The first kappa shape index (κ1) is 23.4. The Bertz CT molecular complexity index is 1060. The van der Waals surface area contributed by atoms with Gasteiger partial charge in [-0.3, -0.25) is 0 Å². The maximum atomic E-state index is 15.3. The van der Waals surface area contributed by atoms with Crippen LogP contribution in [0.15, 0.2) is 34.8 Å². The third kappa shape index (κ3) is 4.05. The monoisotopic (exact) mass is 514 g/mol. The number of rotatable bonds is 6. The average Bonchev–Trinajstić information content (AvgIpc) is 2.69. The van der Waals surface area contributed by atoms with E-state index in [2.05, 4.69) is 61.8 Å². The normalized spacial score (nSPS) is 32.5. The lowest BCUT2D eigenvalue weighted by Crippen LogP contribution is -2.57. The molecule has 4 bridgehead atoms. The average molecular weight is 516 g/mol. The van der Waals surface area contributed by atoms with Crippen molar-refractivity contribution in [1.82, 2.24) is 0 Å². The third-order valence-corrected chi connectivity index (χ3v) is 9.18. The van der Waals surface area contributed by atoms with Gasteiger partial charge in [0.15, 0.2) is 6.79 Å². The van der Waals surface area contributed by atoms with E-state index in [9.17, 15) is 0 Å². The standard InChI is InChI=1S/C29H36BrFO2/c1-18(2)20-6-7-22(25(30)8-20)23-9-21(31)10-24(26(23)33-17-32-5)29-13-19-11-27(3,15-29)14-28(4,12-19)16-29/h6-10,18-19H,11-17H2,1-5H3/t19?,27-,28+,29?. The van der Waals surface area contributed by atoms with Gasteiger partial charge < -0.3 is 9.47 Å². The van der Waals surface area contributed by atoms with Crippen LogP contribution in [0.5, 0.6) is 5.75 Å². The van der Waals surface area contributed by atoms with Crippen LogP contribution in [0.4, 0.5) is 4.39 Å². The molecule has 2 aromatic carbocycles. The zero-order valence-corrected chi connectivity index (χ0v) is 22.1. The second-order valence-corrected chi connectivity index (χ2v) is 13.0. The summed E-state index contributed by atoms with van der Waals surface area (Å²) in [4.78, 5) is 0. The molecule has 0 radical (unpaired) electrons. The summed E-state index contributed by atoms with van der Waals surface area (Å²) < 4.78 is 27.9. The third-order valence-electron chi connectivity index (χ3n) is 8.52. The molecule has 0 saturated heterocycles. The van der Waals surface area contributed by atoms with Crippen molar-refractivity contribution in [2.45, 2.75) is 77.6 Å². The summed E-state index contributed by atoms with van der Waals surface area (Å²) in [6, 6.07) is 9.79. The van der Waals surface area contributed by atoms with E-state index >= 15 is 4.39 Å². The summed E-state index contributed by atoms with van der Waals surface area (Å²) in [6.45, 7) is 9.44. The largest absolute Gasteiger partial charge is 0.467 e. The summed E-state index contributed by atoms with van der Waals surface area (Å²) in [6.07, 6.45) is 7.28. The van der Waals surface area contributed by atoms with Crippen LogP contribution in [0.25, 0.3) is 11.1 Å². The Hall–Kier alpha value is -1.39. The molecule has 4 aliphatic carbocycles. The zero-order valence-electron chi connectivity index (χ0n) is 20.6. The van der Waals surface area contributed by atoms with Crippen LogP contribution >= 0.6 is 15.9 Å². The molecule has 2 aromatic rings. The summed E-state index contributed by atoms with van der Waals surface area (Å²) in [5.41, 5.74) is 4.72. The first-order valence-corrected chi connectivity index (χ1v) is 13.1. The van der Waals surface area contributed by atoms with Crippen molar-refractivity contribution in [2.75, 3.05) is 13.9 Å². The SMILES string of the molecule is COCOc1c(-c2ccc(C(C)C)cc2Br)cc(F)cc1C12CC3C[C@@](C)(C1)C[C@](C)(C3)C2. The molecule has 4 saturated carbocycles. The van der Waals surface area contributed by atoms with Crippen molar-refractivity contribution in [3.05, 3.63) is 51.7 Å². The summed E-state index contributed by atoms with van der Waals surface area (Å²) in [7, 11) is 1.64. The highest BCUT2D eigenvalue weighted by Gasteiger charge is 2.61. The van der Waals surface area contributed by atoms with E-state index in [-0.39, 0.29) is 18.0 Å². The molecule has 33 heavy (non-hydrogen) atoms. The van der Waals surface area contributed by atoms with Gasteiger partial charge in [-0.05, 0) is 90.5 Å². The number of hydrogen-bond acceptors (Lipinski definition) is 2. The lowest BCUT2D eigenvalue weighted by atomic mass is 9.39. The highest BCUT2D eigenvalue weighted by molar-refractivity contribution is 9.10. The molecule has 4 atom stereocenters. The van der Waals surface area contributed by atoms with E-state index in [4.69, 9.17) is 9.47 Å². The van der Waals surface area contributed by atoms with E-state index in [0.717, 1.165) is 52.1 Å². The van der Waals surface area contributed by atoms with Crippen LogP contribution in [0.1, 0.15) is 83.3 Å². The van der Waals surface area contributed by atoms with Crippen LogP contribution in [-0.2, 0) is 10.2 Å². The summed E-state index contributed by atoms with van der Waals surface area (Å²) in [5.74, 6) is 1.76. The van der Waals surface area contributed by atoms with Crippen LogP contribution in [0.2, 0.25) is 0 Å². The van der Waals surface area contributed by atoms with Gasteiger partial charge in [-0.2, -0.15) is 0 Å². The number of benzene rings is 2. The van der Waals surface area contributed by atoms with Crippen LogP contribution in [0.3, 0.4) is 0 Å². The van der Waals surface area contributed by atoms with Crippen molar-refractivity contribution >= 4 is 15.9 Å². The van der Waals surface area contributed by atoms with Gasteiger partial charge in [0.05, 0.1) is 0 Å². The van der Waals surface area contributed by atoms with Crippen LogP contribution in [-0.4, -0.2) is 13.9 Å². The molecule has 4 fully saturated rings. The van der Waals surface area contributed by atoms with E-state index in [1.807, 2.05) is 0 Å². The minimum atomic E-state index is -0.185. The summed E-state index contributed by atoms with van der Waals surface area (Å²) >= 11 is 3.78. The summed E-state index contributed by atoms with van der Waals surface area (Å²) in [5, 5.41) is 0. The van der Waals surface area contributed by atoms with E-state index in [0.29, 0.717) is 16.7 Å². The van der Waals surface area contributed by atoms with Crippen LogP contribution in [0, 0.1) is 22.6 Å². The van der Waals surface area contributed by atoms with E-state index in [1.54, 1.807) is 19.2 Å². The number of methoxy groups -OCH3 is 1. The first-order chi connectivity index (χ1) is 15.6. The topological polar surface area (TPSA) is 18.5 Å². The van der Waals surface area contributed by atoms with Crippen LogP contribution < -0.4 is 4.74 Å².